The van der Waals surface area contributed by atoms with Gasteiger partial charge in [0.15, 0.2) is 0 Å². The van der Waals surface area contributed by atoms with E-state index in [2.05, 4.69) is 40.3 Å². The van der Waals surface area contributed by atoms with E-state index in [4.69, 9.17) is 9.47 Å². The molecule has 3 atom stereocenters. The Hall–Kier alpha value is -1.90. The molecule has 1 aliphatic rings. The van der Waals surface area contributed by atoms with Gasteiger partial charge in [0.2, 0.25) is 5.88 Å². The van der Waals surface area contributed by atoms with E-state index in [0.29, 0.717) is 36.7 Å². The molecule has 2 rings (SSSR count). The van der Waals surface area contributed by atoms with Crippen molar-refractivity contribution in [3.63, 3.8) is 0 Å². The smallest absolute Gasteiger partial charge is 0.320 e. The van der Waals surface area contributed by atoms with Gasteiger partial charge in [-0.05, 0) is 12.5 Å². The third-order valence-electron chi connectivity index (χ3n) is 3.84. The van der Waals surface area contributed by atoms with Crippen LogP contribution in [-0.4, -0.2) is 43.5 Å². The first-order valence-electron chi connectivity index (χ1n) is 7.80. The Morgan fingerprint density at radius 3 is 2.78 bits per heavy atom. The molecular weight excluding hydrogens is 298 g/mol. The van der Waals surface area contributed by atoms with E-state index in [1.807, 2.05) is 0 Å². The summed E-state index contributed by atoms with van der Waals surface area (Å²) in [5.41, 5.74) is 6.87. The van der Waals surface area contributed by atoms with Crippen LogP contribution < -0.4 is 26.2 Å². The summed E-state index contributed by atoms with van der Waals surface area (Å²) in [6, 6.07) is 3.53. The molecule has 1 fully saturated rings. The number of carbonyl (C=O) groups excluding carboxylic acids is 1. The average Bonchev–Trinajstić information content (AvgIpc) is 2.89. The van der Waals surface area contributed by atoms with Crippen LogP contribution in [0.5, 0.6) is 5.88 Å². The van der Waals surface area contributed by atoms with Crippen molar-refractivity contribution in [2.45, 2.75) is 32.5 Å². The molecule has 1 aliphatic heterocycles. The van der Waals surface area contributed by atoms with Crippen LogP contribution in [0.4, 0.5) is 10.5 Å². The van der Waals surface area contributed by atoms with E-state index in [1.54, 1.807) is 25.4 Å². The Balaban J connectivity index is 1.79. The Labute approximate surface area is 136 Å². The lowest BCUT2D eigenvalue weighted by atomic mass is 9.99. The molecule has 0 radical (unpaired) electrons. The van der Waals surface area contributed by atoms with Crippen molar-refractivity contribution in [2.24, 2.45) is 5.92 Å². The molecule has 0 saturated carbocycles. The number of urea groups is 1. The number of hydrogen-bond acceptors (Lipinski definition) is 6. The first kappa shape index (κ1) is 17.5. The molecule has 0 aromatic carbocycles. The van der Waals surface area contributed by atoms with Crippen molar-refractivity contribution in [3.05, 3.63) is 18.3 Å². The highest BCUT2D eigenvalue weighted by Crippen LogP contribution is 2.15. The topological polar surface area (TPSA) is 96.5 Å². The number of anilines is 1. The average molecular weight is 323 g/mol. The van der Waals surface area contributed by atoms with Gasteiger partial charge >= 0.3 is 6.03 Å². The van der Waals surface area contributed by atoms with E-state index >= 15 is 0 Å². The quantitative estimate of drug-likeness (QED) is 0.561. The van der Waals surface area contributed by atoms with Crippen molar-refractivity contribution >= 4 is 11.7 Å². The molecule has 4 N–H and O–H groups in total. The lowest BCUT2D eigenvalue weighted by Gasteiger charge is -2.19. The molecule has 0 aliphatic carbocycles. The fourth-order valence-electron chi connectivity index (χ4n) is 2.41. The SMILES string of the molecule is CCC1NNC(NC(=O)Nc2ccc(OCCOC)nc2)C1C. The van der Waals surface area contributed by atoms with Crippen molar-refractivity contribution in [3.8, 4) is 5.88 Å². The molecule has 23 heavy (non-hydrogen) atoms. The molecule has 1 aromatic rings. The third kappa shape index (κ3) is 5.05. The van der Waals surface area contributed by atoms with Gasteiger partial charge in [-0.3, -0.25) is 5.43 Å². The van der Waals surface area contributed by atoms with Crippen molar-refractivity contribution in [1.29, 1.82) is 0 Å². The number of pyridine rings is 1. The van der Waals surface area contributed by atoms with Gasteiger partial charge in [0, 0.05) is 25.1 Å². The fourth-order valence-corrected chi connectivity index (χ4v) is 2.41. The number of ether oxygens (including phenoxy) is 2. The van der Waals surface area contributed by atoms with Gasteiger partial charge in [-0.25, -0.2) is 15.2 Å². The molecule has 0 bridgehead atoms. The van der Waals surface area contributed by atoms with Crippen molar-refractivity contribution in [1.82, 2.24) is 21.2 Å². The standard InChI is InChI=1S/C15H25N5O3/c1-4-12-10(2)14(20-19-12)18-15(21)17-11-5-6-13(16-9-11)23-8-7-22-3/h5-6,9-10,12,14,19-20H,4,7-8H2,1-3H3,(H2,17,18,21). The summed E-state index contributed by atoms with van der Waals surface area (Å²) < 4.78 is 10.3. The van der Waals surface area contributed by atoms with Crippen molar-refractivity contribution in [2.75, 3.05) is 25.6 Å². The third-order valence-corrected chi connectivity index (χ3v) is 3.84. The summed E-state index contributed by atoms with van der Waals surface area (Å²) in [4.78, 5) is 16.2. The number of hydrazine groups is 1. The molecule has 2 amide bonds. The van der Waals surface area contributed by atoms with Gasteiger partial charge in [0.1, 0.15) is 6.61 Å². The zero-order valence-electron chi connectivity index (χ0n) is 13.8. The first-order valence-corrected chi connectivity index (χ1v) is 7.80. The maximum absolute atomic E-state index is 12.0. The Bertz CT molecular complexity index is 496. The summed E-state index contributed by atoms with van der Waals surface area (Å²) in [5.74, 6) is 0.800. The van der Waals surface area contributed by atoms with Gasteiger partial charge in [-0.2, -0.15) is 0 Å². The number of amides is 2. The first-order chi connectivity index (χ1) is 11.1. The zero-order valence-corrected chi connectivity index (χ0v) is 13.8. The van der Waals surface area contributed by atoms with E-state index in [0.717, 1.165) is 6.42 Å². The van der Waals surface area contributed by atoms with Gasteiger partial charge in [-0.15, -0.1) is 0 Å². The number of nitrogens with zero attached hydrogens (tertiary/aromatic N) is 1. The summed E-state index contributed by atoms with van der Waals surface area (Å²) in [7, 11) is 1.61. The molecule has 8 heteroatoms. The second-order valence-corrected chi connectivity index (χ2v) is 5.47. The lowest BCUT2D eigenvalue weighted by molar-refractivity contribution is 0.144. The predicted molar refractivity (Wildman–Crippen MR) is 87.1 cm³/mol. The molecule has 2 heterocycles. The summed E-state index contributed by atoms with van der Waals surface area (Å²) in [6.45, 7) is 5.15. The van der Waals surface area contributed by atoms with Crippen LogP contribution in [0.15, 0.2) is 18.3 Å². The number of rotatable bonds is 7. The fraction of sp³-hybridized carbons (Fsp3) is 0.600. The Morgan fingerprint density at radius 1 is 1.35 bits per heavy atom. The highest BCUT2D eigenvalue weighted by molar-refractivity contribution is 5.89. The number of nitrogens with one attached hydrogen (secondary N) is 4. The van der Waals surface area contributed by atoms with E-state index in [9.17, 15) is 4.79 Å². The van der Waals surface area contributed by atoms with Crippen LogP contribution in [0.2, 0.25) is 0 Å². The minimum Gasteiger partial charge on any atom is -0.475 e. The van der Waals surface area contributed by atoms with Crippen LogP contribution in [0.1, 0.15) is 20.3 Å². The van der Waals surface area contributed by atoms with Gasteiger partial charge < -0.3 is 20.1 Å². The maximum Gasteiger partial charge on any atom is 0.320 e. The number of carbonyl (C=O) groups is 1. The summed E-state index contributed by atoms with van der Waals surface area (Å²) >= 11 is 0. The number of aromatic nitrogens is 1. The maximum atomic E-state index is 12.0. The highest BCUT2D eigenvalue weighted by Gasteiger charge is 2.31. The van der Waals surface area contributed by atoms with Crippen LogP contribution in [0.25, 0.3) is 0 Å². The van der Waals surface area contributed by atoms with Crippen LogP contribution in [0.3, 0.4) is 0 Å². The monoisotopic (exact) mass is 323 g/mol. The molecular formula is C15H25N5O3. The van der Waals surface area contributed by atoms with E-state index < -0.39 is 0 Å². The van der Waals surface area contributed by atoms with E-state index in [1.165, 1.54) is 0 Å². The normalized spacial score (nSPS) is 23.5. The largest absolute Gasteiger partial charge is 0.475 e. The zero-order chi connectivity index (χ0) is 16.7. The molecule has 0 spiro atoms. The Kier molecular flexibility index (Phi) is 6.57. The van der Waals surface area contributed by atoms with Gasteiger partial charge in [0.05, 0.1) is 24.7 Å². The molecule has 1 saturated heterocycles. The number of hydrogen-bond donors (Lipinski definition) is 4. The van der Waals surface area contributed by atoms with E-state index in [-0.39, 0.29) is 12.2 Å². The van der Waals surface area contributed by atoms with Gasteiger partial charge in [0.25, 0.3) is 0 Å². The molecule has 128 valence electrons. The van der Waals surface area contributed by atoms with Crippen LogP contribution >= 0.6 is 0 Å². The van der Waals surface area contributed by atoms with Crippen LogP contribution in [-0.2, 0) is 4.74 Å². The lowest BCUT2D eigenvalue weighted by Crippen LogP contribution is -2.48. The molecule has 3 unspecified atom stereocenters. The predicted octanol–water partition coefficient (Wildman–Crippen LogP) is 1.08. The second-order valence-electron chi connectivity index (χ2n) is 5.47. The minimum absolute atomic E-state index is 0.107. The highest BCUT2D eigenvalue weighted by atomic mass is 16.5. The van der Waals surface area contributed by atoms with Crippen LogP contribution in [0, 0.1) is 5.92 Å². The second kappa shape index (κ2) is 8.66. The molecule has 8 nitrogen and oxygen atoms in total. The van der Waals surface area contributed by atoms with Crippen molar-refractivity contribution < 1.29 is 14.3 Å². The Morgan fingerprint density at radius 2 is 2.17 bits per heavy atom. The minimum atomic E-state index is -0.275. The molecule has 1 aromatic heterocycles. The van der Waals surface area contributed by atoms with Gasteiger partial charge in [-0.1, -0.05) is 13.8 Å². The number of methoxy groups -OCH3 is 1. The summed E-state index contributed by atoms with van der Waals surface area (Å²) in [6.07, 6.45) is 2.45. The summed E-state index contributed by atoms with van der Waals surface area (Å²) in [5, 5.41) is 5.65.